The minimum Gasteiger partial charge on any atom is -0.504 e. The van der Waals surface area contributed by atoms with Crippen LogP contribution in [0.5, 0.6) is 11.5 Å². The highest BCUT2D eigenvalue weighted by molar-refractivity contribution is 8.01. The maximum Gasteiger partial charge on any atom is 0.416 e. The van der Waals surface area contributed by atoms with Crippen molar-refractivity contribution >= 4 is 39.2 Å². The Kier molecular flexibility index (Phi) is 5.47. The summed E-state index contributed by atoms with van der Waals surface area (Å²) in [5.74, 6) is -0.757. The Morgan fingerprint density at radius 3 is 2.63 bits per heavy atom. The molecular weight excluding hydrogens is 401 g/mol. The molecule has 0 aliphatic heterocycles. The average molecular weight is 414 g/mol. The molecule has 3 N–H and O–H groups in total. The summed E-state index contributed by atoms with van der Waals surface area (Å²) in [7, 11) is 0. The smallest absolute Gasteiger partial charge is 0.416 e. The third-order valence-electron chi connectivity index (χ3n) is 3.55. The lowest BCUT2D eigenvalue weighted by molar-refractivity contribution is -0.137. The topological polar surface area (TPSA) is 82.5 Å². The Bertz CT molecular complexity index is 989. The molecule has 142 valence electrons. The summed E-state index contributed by atoms with van der Waals surface area (Å²) >= 11 is 2.35. The Morgan fingerprint density at radius 2 is 1.93 bits per heavy atom. The van der Waals surface area contributed by atoms with Gasteiger partial charge in [0.25, 0.3) is 0 Å². The van der Waals surface area contributed by atoms with Crippen molar-refractivity contribution in [2.24, 2.45) is 0 Å². The van der Waals surface area contributed by atoms with E-state index in [1.807, 2.05) is 0 Å². The van der Waals surface area contributed by atoms with Gasteiger partial charge in [-0.2, -0.15) is 13.2 Å². The van der Waals surface area contributed by atoms with Gasteiger partial charge in [-0.25, -0.2) is 4.98 Å². The van der Waals surface area contributed by atoms with E-state index in [2.05, 4.69) is 10.3 Å². The van der Waals surface area contributed by atoms with Crippen molar-refractivity contribution < 1.29 is 28.2 Å². The number of rotatable bonds is 5. The fourth-order valence-corrected chi connectivity index (χ4v) is 4.08. The van der Waals surface area contributed by atoms with Gasteiger partial charge in [-0.05, 0) is 35.9 Å². The number of amides is 1. The first-order chi connectivity index (χ1) is 12.7. The molecule has 3 aromatic rings. The molecule has 0 saturated heterocycles. The lowest BCUT2D eigenvalue weighted by Crippen LogP contribution is -2.24. The van der Waals surface area contributed by atoms with E-state index in [1.165, 1.54) is 29.5 Å². The normalized spacial score (nSPS) is 11.7. The molecule has 1 heterocycles. The summed E-state index contributed by atoms with van der Waals surface area (Å²) in [6.45, 7) is 0.169. The number of nitrogens with zero attached hydrogens (tertiary/aromatic N) is 1. The number of thioether (sulfide) groups is 1. The highest BCUT2D eigenvalue weighted by Gasteiger charge is 2.30. The first-order valence-corrected chi connectivity index (χ1v) is 9.41. The van der Waals surface area contributed by atoms with Gasteiger partial charge in [0.05, 0.1) is 21.5 Å². The molecule has 1 aromatic heterocycles. The van der Waals surface area contributed by atoms with Crippen molar-refractivity contribution in [2.75, 3.05) is 5.75 Å². The maximum atomic E-state index is 12.7. The van der Waals surface area contributed by atoms with Crippen LogP contribution in [-0.4, -0.2) is 26.9 Å². The second-order valence-corrected chi connectivity index (χ2v) is 7.80. The van der Waals surface area contributed by atoms with Gasteiger partial charge in [-0.15, -0.1) is 11.3 Å². The zero-order valence-corrected chi connectivity index (χ0v) is 15.2. The third-order valence-corrected chi connectivity index (χ3v) is 5.73. The average Bonchev–Trinajstić information content (AvgIpc) is 3.02. The number of aromatic hydroxyl groups is 2. The first kappa shape index (κ1) is 19.3. The molecule has 0 atom stereocenters. The Morgan fingerprint density at radius 1 is 1.15 bits per heavy atom. The molecule has 27 heavy (non-hydrogen) atoms. The summed E-state index contributed by atoms with van der Waals surface area (Å²) in [5, 5.41) is 21.3. The number of phenols is 2. The molecule has 0 spiro atoms. The van der Waals surface area contributed by atoms with E-state index in [-0.39, 0.29) is 35.2 Å². The van der Waals surface area contributed by atoms with Crippen LogP contribution in [-0.2, 0) is 17.5 Å². The monoisotopic (exact) mass is 414 g/mol. The second-order valence-electron chi connectivity index (χ2n) is 5.55. The van der Waals surface area contributed by atoms with Crippen LogP contribution in [0.15, 0.2) is 40.7 Å². The number of hydrogen-bond donors (Lipinski definition) is 3. The number of aromatic nitrogens is 1. The molecule has 2 aromatic carbocycles. The van der Waals surface area contributed by atoms with Crippen LogP contribution in [0.2, 0.25) is 0 Å². The van der Waals surface area contributed by atoms with Crippen molar-refractivity contribution in [2.45, 2.75) is 17.1 Å². The van der Waals surface area contributed by atoms with Crippen LogP contribution >= 0.6 is 23.1 Å². The van der Waals surface area contributed by atoms with Crippen molar-refractivity contribution in [1.29, 1.82) is 0 Å². The summed E-state index contributed by atoms with van der Waals surface area (Å²) < 4.78 is 39.3. The molecule has 0 aliphatic carbocycles. The fraction of sp³-hybridized carbons (Fsp3) is 0.176. The SMILES string of the molecule is O=C(CSc1nc2cc(C(F)(F)F)ccc2s1)NCc1ccc(O)c(O)c1. The number of carbonyl (C=O) groups is 1. The number of benzene rings is 2. The lowest BCUT2D eigenvalue weighted by Gasteiger charge is -2.05. The molecule has 0 aliphatic rings. The van der Waals surface area contributed by atoms with Crippen molar-refractivity contribution in [3.8, 4) is 11.5 Å². The van der Waals surface area contributed by atoms with Gasteiger partial charge in [-0.3, -0.25) is 4.79 Å². The largest absolute Gasteiger partial charge is 0.504 e. The minimum absolute atomic E-state index is 0.0516. The van der Waals surface area contributed by atoms with E-state index >= 15 is 0 Å². The van der Waals surface area contributed by atoms with Gasteiger partial charge in [0.1, 0.15) is 0 Å². The zero-order valence-electron chi connectivity index (χ0n) is 13.6. The molecule has 0 saturated carbocycles. The fourth-order valence-electron chi connectivity index (χ4n) is 2.20. The van der Waals surface area contributed by atoms with Gasteiger partial charge < -0.3 is 15.5 Å². The number of nitrogens with one attached hydrogen (secondary N) is 1. The molecule has 3 rings (SSSR count). The predicted molar refractivity (Wildman–Crippen MR) is 97.0 cm³/mol. The van der Waals surface area contributed by atoms with E-state index in [4.69, 9.17) is 0 Å². The Hall–Kier alpha value is -2.46. The first-order valence-electron chi connectivity index (χ1n) is 7.60. The van der Waals surface area contributed by atoms with Crippen LogP contribution in [0, 0.1) is 0 Å². The van der Waals surface area contributed by atoms with E-state index in [0.29, 0.717) is 14.6 Å². The van der Waals surface area contributed by atoms with Gasteiger partial charge >= 0.3 is 6.18 Å². The molecular formula is C17H13F3N2O3S2. The van der Waals surface area contributed by atoms with Crippen LogP contribution in [0.25, 0.3) is 10.2 Å². The second kappa shape index (κ2) is 7.65. The van der Waals surface area contributed by atoms with Gasteiger partial charge in [0, 0.05) is 6.54 Å². The molecule has 1 amide bonds. The maximum absolute atomic E-state index is 12.7. The van der Waals surface area contributed by atoms with Crippen LogP contribution in [0.3, 0.4) is 0 Å². The van der Waals surface area contributed by atoms with Gasteiger partial charge in [0.15, 0.2) is 15.8 Å². The number of thiazole rings is 1. The number of fused-ring (bicyclic) bond motifs is 1. The van der Waals surface area contributed by atoms with E-state index in [9.17, 15) is 28.2 Å². The molecule has 0 radical (unpaired) electrons. The number of phenolic OH excluding ortho intramolecular Hbond substituents is 2. The van der Waals surface area contributed by atoms with E-state index in [0.717, 1.165) is 23.9 Å². The Balaban J connectivity index is 1.57. The third kappa shape index (κ3) is 4.83. The Labute approximate surface area is 159 Å². The van der Waals surface area contributed by atoms with Crippen molar-refractivity contribution in [3.63, 3.8) is 0 Å². The van der Waals surface area contributed by atoms with E-state index < -0.39 is 11.7 Å². The van der Waals surface area contributed by atoms with Gasteiger partial charge in [0.2, 0.25) is 5.91 Å². The number of alkyl halides is 3. The van der Waals surface area contributed by atoms with Gasteiger partial charge in [-0.1, -0.05) is 17.8 Å². The lowest BCUT2D eigenvalue weighted by atomic mass is 10.2. The minimum atomic E-state index is -4.42. The van der Waals surface area contributed by atoms with Crippen molar-refractivity contribution in [1.82, 2.24) is 10.3 Å². The molecule has 0 bridgehead atoms. The van der Waals surface area contributed by atoms with Crippen LogP contribution < -0.4 is 5.32 Å². The summed E-state index contributed by atoms with van der Waals surface area (Å²) in [4.78, 5) is 16.1. The predicted octanol–water partition coefficient (Wildman–Crippen LogP) is 4.13. The number of carbonyl (C=O) groups excluding carboxylic acids is 1. The number of halogens is 3. The zero-order chi connectivity index (χ0) is 19.6. The van der Waals surface area contributed by atoms with Crippen LogP contribution in [0.4, 0.5) is 13.2 Å². The highest BCUT2D eigenvalue weighted by Crippen LogP contribution is 2.35. The molecule has 10 heteroatoms. The van der Waals surface area contributed by atoms with E-state index in [1.54, 1.807) is 6.07 Å². The van der Waals surface area contributed by atoms with Crippen LogP contribution in [0.1, 0.15) is 11.1 Å². The number of hydrogen-bond acceptors (Lipinski definition) is 6. The molecule has 0 fully saturated rings. The summed E-state index contributed by atoms with van der Waals surface area (Å²) in [6, 6.07) is 7.60. The molecule has 0 unspecified atom stereocenters. The van der Waals surface area contributed by atoms with Crippen molar-refractivity contribution in [3.05, 3.63) is 47.5 Å². The molecule has 5 nitrogen and oxygen atoms in total. The summed E-state index contributed by atoms with van der Waals surface area (Å²) in [5.41, 5.74) is 0.104. The summed E-state index contributed by atoms with van der Waals surface area (Å²) in [6.07, 6.45) is -4.42. The standard InChI is InChI=1S/C17H13F3N2O3S2/c18-17(19,20)10-2-4-14-11(6-10)22-16(27-14)26-8-15(25)21-7-9-1-3-12(23)13(24)5-9/h1-6,23-24H,7-8H2,(H,21,25). The highest BCUT2D eigenvalue weighted by atomic mass is 32.2. The quantitative estimate of drug-likeness (QED) is 0.432.